The maximum Gasteiger partial charge on any atom is 0.258 e. The lowest BCUT2D eigenvalue weighted by Crippen LogP contribution is -2.38. The number of carbonyl (C=O) groups is 1. The van der Waals surface area contributed by atoms with Crippen molar-refractivity contribution in [2.75, 3.05) is 13.2 Å². The molecule has 1 aromatic rings. The van der Waals surface area contributed by atoms with E-state index in [-0.39, 0.29) is 23.5 Å². The average Bonchev–Trinajstić information content (AvgIpc) is 2.61. The summed E-state index contributed by atoms with van der Waals surface area (Å²) in [6.45, 7) is 2.38. The van der Waals surface area contributed by atoms with Gasteiger partial charge in [0.2, 0.25) is 10.0 Å². The molecule has 0 spiro atoms. The number of ether oxygens (including phenoxy) is 1. The zero-order chi connectivity index (χ0) is 18.1. The first-order valence-electron chi connectivity index (χ1n) is 9.03. The summed E-state index contributed by atoms with van der Waals surface area (Å²) < 4.78 is 32.2. The van der Waals surface area contributed by atoms with Gasteiger partial charge in [0, 0.05) is 12.6 Å². The van der Waals surface area contributed by atoms with Crippen LogP contribution >= 0.6 is 0 Å². The molecule has 0 heterocycles. The van der Waals surface area contributed by atoms with Crippen molar-refractivity contribution in [3.8, 4) is 5.75 Å². The van der Waals surface area contributed by atoms with Gasteiger partial charge in [-0.05, 0) is 43.5 Å². The predicted octanol–water partition coefficient (Wildman–Crippen LogP) is 2.59. The second-order valence-corrected chi connectivity index (χ2v) is 8.18. The van der Waals surface area contributed by atoms with Crippen molar-refractivity contribution >= 4 is 15.9 Å². The minimum Gasteiger partial charge on any atom is -0.484 e. The Hall–Kier alpha value is -1.60. The van der Waals surface area contributed by atoms with E-state index in [4.69, 9.17) is 4.74 Å². The Labute approximate surface area is 150 Å². The number of hydrogen-bond acceptors (Lipinski definition) is 4. The summed E-state index contributed by atoms with van der Waals surface area (Å²) in [6.07, 6.45) is 7.36. The van der Waals surface area contributed by atoms with E-state index in [1.54, 1.807) is 12.1 Å². The minimum atomic E-state index is -3.48. The summed E-state index contributed by atoms with van der Waals surface area (Å²) in [5.41, 5.74) is 0. The van der Waals surface area contributed by atoms with E-state index in [2.05, 4.69) is 10.0 Å². The Kier molecular flexibility index (Phi) is 7.71. The van der Waals surface area contributed by atoms with Gasteiger partial charge in [-0.1, -0.05) is 32.6 Å². The number of carbonyl (C=O) groups excluding carboxylic acids is 1. The molecule has 0 bridgehead atoms. The van der Waals surface area contributed by atoms with Crippen molar-refractivity contribution in [3.63, 3.8) is 0 Å². The van der Waals surface area contributed by atoms with Gasteiger partial charge < -0.3 is 10.1 Å². The molecule has 1 aromatic carbocycles. The number of benzene rings is 1. The maximum absolute atomic E-state index is 12.1. The Bertz CT molecular complexity index is 638. The van der Waals surface area contributed by atoms with Gasteiger partial charge in [-0.2, -0.15) is 0 Å². The van der Waals surface area contributed by atoms with Crippen LogP contribution in [0.25, 0.3) is 0 Å². The Morgan fingerprint density at radius 1 is 1.16 bits per heavy atom. The molecule has 25 heavy (non-hydrogen) atoms. The summed E-state index contributed by atoms with van der Waals surface area (Å²) in [7, 11) is -3.48. The van der Waals surface area contributed by atoms with Gasteiger partial charge in [0.05, 0.1) is 4.90 Å². The van der Waals surface area contributed by atoms with E-state index < -0.39 is 10.0 Å². The first-order chi connectivity index (χ1) is 12.0. The molecule has 0 aliphatic heterocycles. The predicted molar refractivity (Wildman–Crippen MR) is 97.0 cm³/mol. The second-order valence-electron chi connectivity index (χ2n) is 6.41. The smallest absolute Gasteiger partial charge is 0.258 e. The molecule has 7 heteroatoms. The quantitative estimate of drug-likeness (QED) is 0.656. The van der Waals surface area contributed by atoms with Crippen molar-refractivity contribution in [1.29, 1.82) is 0 Å². The van der Waals surface area contributed by atoms with Crippen LogP contribution in [0.5, 0.6) is 5.75 Å². The van der Waals surface area contributed by atoms with E-state index in [9.17, 15) is 13.2 Å². The van der Waals surface area contributed by atoms with Crippen LogP contribution in [0, 0.1) is 0 Å². The van der Waals surface area contributed by atoms with Gasteiger partial charge in [-0.15, -0.1) is 0 Å². The molecular weight excluding hydrogens is 340 g/mol. The summed E-state index contributed by atoms with van der Waals surface area (Å²) in [4.78, 5) is 12.1. The van der Waals surface area contributed by atoms with Crippen LogP contribution in [0.3, 0.4) is 0 Å². The van der Waals surface area contributed by atoms with Crippen LogP contribution in [0.2, 0.25) is 0 Å². The van der Waals surface area contributed by atoms with Crippen LogP contribution in [-0.4, -0.2) is 33.5 Å². The standard InChI is InChI=1S/C18H28N2O4S/c1-2-3-13-19-25(22,23)17-11-9-16(10-12-17)24-14-18(21)20-15-7-5-4-6-8-15/h9-12,15,19H,2-8,13-14H2,1H3,(H,20,21). The van der Waals surface area contributed by atoms with Crippen LogP contribution in [0.4, 0.5) is 0 Å². The Morgan fingerprint density at radius 2 is 1.84 bits per heavy atom. The van der Waals surface area contributed by atoms with Gasteiger partial charge in [0.25, 0.3) is 5.91 Å². The van der Waals surface area contributed by atoms with E-state index >= 15 is 0 Å². The SMILES string of the molecule is CCCCNS(=O)(=O)c1ccc(OCC(=O)NC2CCCCC2)cc1. The molecule has 2 N–H and O–H groups in total. The van der Waals surface area contributed by atoms with Crippen molar-refractivity contribution in [2.45, 2.75) is 62.8 Å². The highest BCUT2D eigenvalue weighted by Gasteiger charge is 2.16. The highest BCUT2D eigenvalue weighted by molar-refractivity contribution is 7.89. The lowest BCUT2D eigenvalue weighted by Gasteiger charge is -2.22. The molecular formula is C18H28N2O4S. The number of hydrogen-bond donors (Lipinski definition) is 2. The van der Waals surface area contributed by atoms with E-state index in [0.717, 1.165) is 38.5 Å². The molecule has 1 fully saturated rings. The molecule has 140 valence electrons. The van der Waals surface area contributed by atoms with E-state index in [0.29, 0.717) is 12.3 Å². The molecule has 2 rings (SSSR count). The zero-order valence-corrected chi connectivity index (χ0v) is 15.6. The summed E-state index contributed by atoms with van der Waals surface area (Å²) in [6, 6.07) is 6.38. The molecule has 0 saturated heterocycles. The fourth-order valence-corrected chi connectivity index (χ4v) is 3.92. The summed E-state index contributed by atoms with van der Waals surface area (Å²) in [5, 5.41) is 2.98. The summed E-state index contributed by atoms with van der Waals surface area (Å²) >= 11 is 0. The van der Waals surface area contributed by atoms with Crippen LogP contribution < -0.4 is 14.8 Å². The van der Waals surface area contributed by atoms with Crippen LogP contribution in [0.1, 0.15) is 51.9 Å². The van der Waals surface area contributed by atoms with Crippen molar-refractivity contribution in [2.24, 2.45) is 0 Å². The van der Waals surface area contributed by atoms with Crippen LogP contribution in [-0.2, 0) is 14.8 Å². The third-order valence-corrected chi connectivity index (χ3v) is 5.77. The third kappa shape index (κ3) is 6.66. The number of rotatable bonds is 9. The highest BCUT2D eigenvalue weighted by atomic mass is 32.2. The highest BCUT2D eigenvalue weighted by Crippen LogP contribution is 2.18. The normalized spacial score (nSPS) is 15.7. The zero-order valence-electron chi connectivity index (χ0n) is 14.8. The number of sulfonamides is 1. The van der Waals surface area contributed by atoms with Gasteiger partial charge in [0.15, 0.2) is 6.61 Å². The number of amides is 1. The lowest BCUT2D eigenvalue weighted by molar-refractivity contribution is -0.124. The molecule has 0 radical (unpaired) electrons. The second kappa shape index (κ2) is 9.77. The van der Waals surface area contributed by atoms with Gasteiger partial charge >= 0.3 is 0 Å². The molecule has 0 unspecified atom stereocenters. The van der Waals surface area contributed by atoms with Gasteiger partial charge in [-0.3, -0.25) is 4.79 Å². The van der Waals surface area contributed by atoms with Crippen LogP contribution in [0.15, 0.2) is 29.2 Å². The van der Waals surface area contributed by atoms with Crippen molar-refractivity contribution < 1.29 is 17.9 Å². The van der Waals surface area contributed by atoms with Gasteiger partial charge in [-0.25, -0.2) is 13.1 Å². The summed E-state index contributed by atoms with van der Waals surface area (Å²) in [5.74, 6) is 0.344. The molecule has 1 amide bonds. The number of unbranched alkanes of at least 4 members (excludes halogenated alkanes) is 1. The Morgan fingerprint density at radius 3 is 2.48 bits per heavy atom. The molecule has 0 atom stereocenters. The number of nitrogens with one attached hydrogen (secondary N) is 2. The fourth-order valence-electron chi connectivity index (χ4n) is 2.85. The molecule has 1 aliphatic rings. The van der Waals surface area contributed by atoms with Gasteiger partial charge in [0.1, 0.15) is 5.75 Å². The largest absolute Gasteiger partial charge is 0.484 e. The lowest BCUT2D eigenvalue weighted by atomic mass is 9.95. The van der Waals surface area contributed by atoms with E-state index in [1.165, 1.54) is 18.6 Å². The first kappa shape index (κ1) is 19.7. The van der Waals surface area contributed by atoms with Crippen molar-refractivity contribution in [3.05, 3.63) is 24.3 Å². The topological polar surface area (TPSA) is 84.5 Å². The molecule has 1 aliphatic carbocycles. The third-order valence-electron chi connectivity index (χ3n) is 4.30. The van der Waals surface area contributed by atoms with Crippen molar-refractivity contribution in [1.82, 2.24) is 10.0 Å². The fraction of sp³-hybridized carbons (Fsp3) is 0.611. The Balaban J connectivity index is 1.80. The first-order valence-corrected chi connectivity index (χ1v) is 10.5. The van der Waals surface area contributed by atoms with E-state index in [1.807, 2.05) is 6.92 Å². The average molecular weight is 368 g/mol. The molecule has 1 saturated carbocycles. The minimum absolute atomic E-state index is 0.0582. The molecule has 0 aromatic heterocycles. The maximum atomic E-state index is 12.1. The molecule has 6 nitrogen and oxygen atoms in total. The monoisotopic (exact) mass is 368 g/mol.